The van der Waals surface area contributed by atoms with E-state index in [1.807, 2.05) is 82.3 Å². The molecule has 1 aliphatic carbocycles. The lowest BCUT2D eigenvalue weighted by molar-refractivity contribution is -0.123. The molecule has 3 heterocycles. The summed E-state index contributed by atoms with van der Waals surface area (Å²) in [6.45, 7) is 7.67. The van der Waals surface area contributed by atoms with Gasteiger partial charge in [-0.1, -0.05) is 51.8 Å². The van der Waals surface area contributed by atoms with E-state index in [1.165, 1.54) is 0 Å². The molecule has 4 aliphatic rings. The summed E-state index contributed by atoms with van der Waals surface area (Å²) in [4.78, 5) is 36.1. The number of carbonyl (C=O) groups excluding carboxylic acids is 2. The predicted octanol–water partition coefficient (Wildman–Crippen LogP) is 6.11. The standard InChI is InChI=1S/C30H30BrClN4O4/c1-16(2)40-21-14-29(3,39-5)25-26-30(21,4)27-34-23(17-6-10-19(31)11-7-17)24(18-8-12-20(32)13-9-18)36(27)28(38)35(26)15-22(37)33-25/h6-14,16,23-24H,15H2,1-5H3,(H,33,37). The molecule has 208 valence electrons. The maximum Gasteiger partial charge on any atom is 0.330 e. The summed E-state index contributed by atoms with van der Waals surface area (Å²) >= 11 is 9.78. The van der Waals surface area contributed by atoms with Crippen molar-refractivity contribution in [3.63, 3.8) is 0 Å². The summed E-state index contributed by atoms with van der Waals surface area (Å²) < 4.78 is 13.4. The maximum atomic E-state index is 14.5. The molecule has 0 aromatic heterocycles. The quantitative estimate of drug-likeness (QED) is 0.435. The summed E-state index contributed by atoms with van der Waals surface area (Å²) in [6.07, 6.45) is 1.75. The van der Waals surface area contributed by atoms with E-state index in [9.17, 15) is 9.59 Å². The van der Waals surface area contributed by atoms with Crippen molar-refractivity contribution in [2.24, 2.45) is 10.4 Å². The van der Waals surface area contributed by atoms with Gasteiger partial charge < -0.3 is 14.8 Å². The highest BCUT2D eigenvalue weighted by Crippen LogP contribution is 2.57. The lowest BCUT2D eigenvalue weighted by Crippen LogP contribution is -2.66. The minimum absolute atomic E-state index is 0.123. The van der Waals surface area contributed by atoms with Gasteiger partial charge in [0.15, 0.2) is 0 Å². The summed E-state index contributed by atoms with van der Waals surface area (Å²) in [5.74, 6) is 0.899. The molecule has 10 heteroatoms. The molecule has 2 aromatic carbocycles. The van der Waals surface area contributed by atoms with Gasteiger partial charge in [-0.3, -0.25) is 19.6 Å². The van der Waals surface area contributed by atoms with Crippen LogP contribution in [0.15, 0.2) is 81.2 Å². The van der Waals surface area contributed by atoms with Gasteiger partial charge in [0.2, 0.25) is 5.91 Å². The number of rotatable bonds is 5. The zero-order chi connectivity index (χ0) is 28.6. The average molecular weight is 626 g/mol. The highest BCUT2D eigenvalue weighted by atomic mass is 79.9. The van der Waals surface area contributed by atoms with Crippen LogP contribution >= 0.6 is 27.5 Å². The van der Waals surface area contributed by atoms with E-state index in [4.69, 9.17) is 26.1 Å². The number of hydrogen-bond acceptors (Lipinski definition) is 5. The topological polar surface area (TPSA) is 83.5 Å². The normalized spacial score (nSPS) is 29.2. The minimum atomic E-state index is -1.02. The number of ether oxygens (including phenoxy) is 2. The number of benzene rings is 2. The van der Waals surface area contributed by atoms with Gasteiger partial charge in [-0.15, -0.1) is 0 Å². The van der Waals surface area contributed by atoms with E-state index >= 15 is 0 Å². The molecule has 8 nitrogen and oxygen atoms in total. The molecule has 1 N–H and O–H groups in total. The van der Waals surface area contributed by atoms with Crippen LogP contribution in [-0.2, 0) is 14.3 Å². The van der Waals surface area contributed by atoms with Gasteiger partial charge in [0.25, 0.3) is 0 Å². The number of urea groups is 1. The molecule has 3 amide bonds. The van der Waals surface area contributed by atoms with Gasteiger partial charge in [0.1, 0.15) is 35.2 Å². The average Bonchev–Trinajstić information content (AvgIpc) is 3.32. The predicted molar refractivity (Wildman–Crippen MR) is 155 cm³/mol. The largest absolute Gasteiger partial charge is 0.494 e. The molecule has 0 bridgehead atoms. The summed E-state index contributed by atoms with van der Waals surface area (Å²) in [5.41, 5.74) is 0.992. The molecule has 2 aromatic rings. The Balaban J connectivity index is 1.63. The second kappa shape index (κ2) is 9.46. The monoisotopic (exact) mass is 624 g/mol. The molecular weight excluding hydrogens is 596 g/mol. The molecule has 6 rings (SSSR count). The first-order valence-corrected chi connectivity index (χ1v) is 14.3. The molecule has 0 radical (unpaired) electrons. The lowest BCUT2D eigenvalue weighted by atomic mass is 9.71. The molecule has 0 saturated carbocycles. The third-order valence-electron chi connectivity index (χ3n) is 8.10. The zero-order valence-corrected chi connectivity index (χ0v) is 25.2. The van der Waals surface area contributed by atoms with Crippen LogP contribution in [0.2, 0.25) is 5.02 Å². The van der Waals surface area contributed by atoms with Crippen LogP contribution in [0.3, 0.4) is 0 Å². The van der Waals surface area contributed by atoms with Crippen LogP contribution in [0.4, 0.5) is 4.79 Å². The van der Waals surface area contributed by atoms with Gasteiger partial charge in [-0.25, -0.2) is 4.79 Å². The van der Waals surface area contributed by atoms with Crippen molar-refractivity contribution in [2.75, 3.05) is 13.7 Å². The number of hydrogen-bond donors (Lipinski definition) is 1. The van der Waals surface area contributed by atoms with Gasteiger partial charge >= 0.3 is 6.03 Å². The number of amides is 3. The van der Waals surface area contributed by atoms with E-state index in [0.717, 1.165) is 15.6 Å². The van der Waals surface area contributed by atoms with Crippen LogP contribution in [0.25, 0.3) is 0 Å². The van der Waals surface area contributed by atoms with Crippen molar-refractivity contribution < 1.29 is 19.1 Å². The smallest absolute Gasteiger partial charge is 0.330 e. The van der Waals surface area contributed by atoms with E-state index in [2.05, 4.69) is 21.2 Å². The summed E-state index contributed by atoms with van der Waals surface area (Å²) in [7, 11) is 1.58. The molecule has 0 spiro atoms. The number of nitrogens with zero attached hydrogens (tertiary/aromatic N) is 3. The highest BCUT2D eigenvalue weighted by Gasteiger charge is 2.63. The van der Waals surface area contributed by atoms with E-state index in [-0.39, 0.29) is 24.6 Å². The van der Waals surface area contributed by atoms with Crippen LogP contribution in [-0.4, -0.2) is 52.9 Å². The van der Waals surface area contributed by atoms with E-state index in [0.29, 0.717) is 28.0 Å². The van der Waals surface area contributed by atoms with Crippen molar-refractivity contribution in [1.29, 1.82) is 0 Å². The number of nitrogens with one attached hydrogen (secondary N) is 1. The third kappa shape index (κ3) is 3.93. The van der Waals surface area contributed by atoms with Crippen molar-refractivity contribution in [3.05, 3.63) is 92.4 Å². The highest BCUT2D eigenvalue weighted by molar-refractivity contribution is 9.10. The Morgan fingerprint density at radius 1 is 1.07 bits per heavy atom. The molecular formula is C30H30BrClN4O4. The Kier molecular flexibility index (Phi) is 6.40. The fraction of sp³-hybridized carbons (Fsp3) is 0.367. The van der Waals surface area contributed by atoms with E-state index in [1.54, 1.807) is 16.9 Å². The van der Waals surface area contributed by atoms with Crippen molar-refractivity contribution in [1.82, 2.24) is 15.1 Å². The van der Waals surface area contributed by atoms with Crippen LogP contribution < -0.4 is 5.32 Å². The van der Waals surface area contributed by atoms with Crippen LogP contribution in [0, 0.1) is 5.41 Å². The van der Waals surface area contributed by atoms with Gasteiger partial charge in [-0.05, 0) is 69.2 Å². The number of carbonyl (C=O) groups is 2. The number of halogens is 2. The zero-order valence-electron chi connectivity index (χ0n) is 22.9. The Morgan fingerprint density at radius 3 is 2.35 bits per heavy atom. The Labute approximate surface area is 246 Å². The van der Waals surface area contributed by atoms with E-state index < -0.39 is 23.1 Å². The molecule has 1 saturated heterocycles. The summed E-state index contributed by atoms with van der Waals surface area (Å²) in [5, 5.41) is 3.62. The summed E-state index contributed by atoms with van der Waals surface area (Å²) in [6, 6.07) is 14.3. The second-order valence-corrected chi connectivity index (χ2v) is 12.4. The molecule has 1 fully saturated rings. The first-order valence-electron chi connectivity index (χ1n) is 13.2. The Morgan fingerprint density at radius 2 is 1.73 bits per heavy atom. The maximum absolute atomic E-state index is 14.5. The molecule has 3 aliphatic heterocycles. The Hall–Kier alpha value is -3.14. The number of aliphatic imine (C=N–C) groups is 1. The first kappa shape index (κ1) is 27.1. The van der Waals surface area contributed by atoms with Gasteiger partial charge in [0, 0.05) is 16.6 Å². The molecule has 4 unspecified atom stereocenters. The third-order valence-corrected chi connectivity index (χ3v) is 8.88. The minimum Gasteiger partial charge on any atom is -0.494 e. The van der Waals surface area contributed by atoms with Gasteiger partial charge in [-0.2, -0.15) is 0 Å². The van der Waals surface area contributed by atoms with Gasteiger partial charge in [0.05, 0.1) is 23.5 Å². The first-order chi connectivity index (χ1) is 19.0. The fourth-order valence-corrected chi connectivity index (χ4v) is 6.55. The number of fused-ring (bicyclic) bond motifs is 2. The van der Waals surface area contributed by atoms with Crippen LogP contribution in [0.5, 0.6) is 0 Å². The molecule has 4 atom stereocenters. The lowest BCUT2D eigenvalue weighted by Gasteiger charge is -2.54. The fourth-order valence-electron chi connectivity index (χ4n) is 6.16. The van der Waals surface area contributed by atoms with Crippen molar-refractivity contribution in [2.45, 2.75) is 51.5 Å². The van der Waals surface area contributed by atoms with Crippen molar-refractivity contribution >= 4 is 45.3 Å². The number of amidine groups is 1. The van der Waals surface area contributed by atoms with Crippen molar-refractivity contribution in [3.8, 4) is 0 Å². The second-order valence-electron chi connectivity index (χ2n) is 11.1. The number of methoxy groups -OCH3 is 1. The Bertz CT molecular complexity index is 1500. The SMILES string of the molecule is COC1(C)C=C(OC(C)C)C2(C)C3=NC(c4ccc(Br)cc4)C(c4ccc(Cl)cc4)N3C(=O)N3CC(=O)NC1=C32. The van der Waals surface area contributed by atoms with Crippen LogP contribution in [0.1, 0.15) is 50.9 Å². The molecule has 40 heavy (non-hydrogen) atoms.